The van der Waals surface area contributed by atoms with Crippen LogP contribution in [-0.2, 0) is 4.79 Å². The number of rotatable bonds is 7. The number of carbonyl (C=O) groups excluding carboxylic acids is 3. The van der Waals surface area contributed by atoms with Gasteiger partial charge in [0.2, 0.25) is 5.91 Å². The topological polar surface area (TPSA) is 99.3 Å². The molecule has 0 heterocycles. The molecule has 8 heteroatoms. The Morgan fingerprint density at radius 2 is 1.36 bits per heavy atom. The van der Waals surface area contributed by atoms with E-state index in [4.69, 9.17) is 0 Å². The Morgan fingerprint density at radius 3 is 1.93 bits per heavy atom. The third-order valence-corrected chi connectivity index (χ3v) is 4.16. The van der Waals surface area contributed by atoms with E-state index in [2.05, 4.69) is 21.3 Å². The van der Waals surface area contributed by atoms with Gasteiger partial charge in [-0.15, -0.1) is 0 Å². The number of carbonyl (C=O) groups is 3. The molecule has 28 heavy (non-hydrogen) atoms. The van der Waals surface area contributed by atoms with Gasteiger partial charge >= 0.3 is 6.03 Å². The summed E-state index contributed by atoms with van der Waals surface area (Å²) in [6.45, 7) is 0.738. The highest BCUT2D eigenvalue weighted by atomic mass is 19.1. The summed E-state index contributed by atoms with van der Waals surface area (Å²) in [6.07, 6.45) is 1.89. The van der Waals surface area contributed by atoms with Crippen LogP contribution in [0.15, 0.2) is 48.5 Å². The van der Waals surface area contributed by atoms with E-state index in [0.29, 0.717) is 30.0 Å². The Kier molecular flexibility index (Phi) is 6.21. The summed E-state index contributed by atoms with van der Waals surface area (Å²) in [7, 11) is 0. The molecule has 0 unspecified atom stereocenters. The summed E-state index contributed by atoms with van der Waals surface area (Å²) in [5, 5.41) is 10.7. The zero-order valence-corrected chi connectivity index (χ0v) is 15.1. The zero-order chi connectivity index (χ0) is 19.9. The number of anilines is 2. The van der Waals surface area contributed by atoms with Crippen molar-refractivity contribution in [2.45, 2.75) is 12.8 Å². The molecule has 4 N–H and O–H groups in total. The molecule has 0 saturated heterocycles. The Morgan fingerprint density at radius 1 is 0.821 bits per heavy atom. The number of amides is 4. The van der Waals surface area contributed by atoms with Gasteiger partial charge < -0.3 is 21.3 Å². The van der Waals surface area contributed by atoms with Gasteiger partial charge in [0.25, 0.3) is 5.91 Å². The average molecular weight is 384 g/mol. The first-order valence-corrected chi connectivity index (χ1v) is 9.01. The number of hydrogen-bond donors (Lipinski definition) is 4. The fourth-order valence-corrected chi connectivity index (χ4v) is 2.49. The zero-order valence-electron chi connectivity index (χ0n) is 15.1. The Labute approximate surface area is 161 Å². The first-order valence-electron chi connectivity index (χ1n) is 9.01. The van der Waals surface area contributed by atoms with Crippen molar-refractivity contribution in [3.8, 4) is 0 Å². The summed E-state index contributed by atoms with van der Waals surface area (Å²) >= 11 is 0. The lowest BCUT2D eigenvalue weighted by Crippen LogP contribution is -2.35. The molecule has 7 nitrogen and oxygen atoms in total. The van der Waals surface area contributed by atoms with E-state index in [1.54, 1.807) is 24.3 Å². The highest BCUT2D eigenvalue weighted by Gasteiger charge is 2.28. The predicted molar refractivity (Wildman–Crippen MR) is 104 cm³/mol. The molecule has 2 aromatic rings. The fourth-order valence-electron chi connectivity index (χ4n) is 2.49. The molecule has 1 fully saturated rings. The number of nitrogens with one attached hydrogen (secondary N) is 4. The minimum atomic E-state index is -0.477. The van der Waals surface area contributed by atoms with Crippen molar-refractivity contribution in [1.82, 2.24) is 10.6 Å². The lowest BCUT2D eigenvalue weighted by molar-refractivity contribution is -0.122. The van der Waals surface area contributed by atoms with Gasteiger partial charge in [-0.2, -0.15) is 0 Å². The lowest BCUT2D eigenvalue weighted by Gasteiger charge is -2.09. The summed E-state index contributed by atoms with van der Waals surface area (Å²) in [6, 6.07) is 11.3. The van der Waals surface area contributed by atoms with Gasteiger partial charge in [0.1, 0.15) is 5.82 Å². The number of urea groups is 1. The summed E-state index contributed by atoms with van der Waals surface area (Å²) in [5.74, 6) is -0.451. The SMILES string of the molecule is O=C(Nc1ccc(F)cc1)Nc1ccc(C(=O)NCCNC(=O)C2CC2)cc1. The van der Waals surface area contributed by atoms with Crippen LogP contribution in [0.5, 0.6) is 0 Å². The highest BCUT2D eigenvalue weighted by Crippen LogP contribution is 2.28. The minimum Gasteiger partial charge on any atom is -0.354 e. The molecule has 1 aliphatic rings. The molecule has 3 rings (SSSR count). The molecule has 4 amide bonds. The summed E-state index contributed by atoms with van der Waals surface area (Å²) in [4.78, 5) is 35.5. The molecule has 0 spiro atoms. The second-order valence-electron chi connectivity index (χ2n) is 6.48. The van der Waals surface area contributed by atoms with Gasteiger partial charge in [0.15, 0.2) is 0 Å². The van der Waals surface area contributed by atoms with Crippen LogP contribution in [0.25, 0.3) is 0 Å². The molecule has 146 valence electrons. The highest BCUT2D eigenvalue weighted by molar-refractivity contribution is 6.00. The van der Waals surface area contributed by atoms with Crippen molar-refractivity contribution in [3.05, 3.63) is 59.9 Å². The van der Waals surface area contributed by atoms with Crippen molar-refractivity contribution in [2.24, 2.45) is 5.92 Å². The molecule has 0 bridgehead atoms. The van der Waals surface area contributed by atoms with E-state index in [9.17, 15) is 18.8 Å². The van der Waals surface area contributed by atoms with Gasteiger partial charge in [-0.05, 0) is 61.4 Å². The lowest BCUT2D eigenvalue weighted by atomic mass is 10.2. The maximum absolute atomic E-state index is 12.9. The van der Waals surface area contributed by atoms with Crippen molar-refractivity contribution in [1.29, 1.82) is 0 Å². The Bertz CT molecular complexity index is 849. The Balaban J connectivity index is 1.41. The standard InChI is InChI=1S/C20H21FN4O3/c21-15-5-9-17(10-6-15)25-20(28)24-16-7-3-14(4-8-16)19(27)23-12-11-22-18(26)13-1-2-13/h3-10,13H,1-2,11-12H2,(H,22,26)(H,23,27)(H2,24,25,28). The third-order valence-electron chi connectivity index (χ3n) is 4.16. The predicted octanol–water partition coefficient (Wildman–Crippen LogP) is 2.73. The second kappa shape index (κ2) is 8.98. The molecular formula is C20H21FN4O3. The van der Waals surface area contributed by atoms with Crippen molar-refractivity contribution < 1.29 is 18.8 Å². The molecule has 0 atom stereocenters. The van der Waals surface area contributed by atoms with Crippen LogP contribution in [0.1, 0.15) is 23.2 Å². The number of hydrogen-bond acceptors (Lipinski definition) is 3. The van der Waals surface area contributed by atoms with Gasteiger partial charge in [0.05, 0.1) is 0 Å². The second-order valence-corrected chi connectivity index (χ2v) is 6.48. The van der Waals surface area contributed by atoms with E-state index in [0.717, 1.165) is 12.8 Å². The van der Waals surface area contributed by atoms with E-state index in [-0.39, 0.29) is 23.5 Å². The molecule has 1 saturated carbocycles. The van der Waals surface area contributed by atoms with Crippen LogP contribution in [0, 0.1) is 11.7 Å². The monoisotopic (exact) mass is 384 g/mol. The molecular weight excluding hydrogens is 363 g/mol. The van der Waals surface area contributed by atoms with Gasteiger partial charge in [-0.25, -0.2) is 9.18 Å². The van der Waals surface area contributed by atoms with Gasteiger partial charge in [0, 0.05) is 35.9 Å². The van der Waals surface area contributed by atoms with Crippen molar-refractivity contribution in [2.75, 3.05) is 23.7 Å². The number of benzene rings is 2. The fraction of sp³-hybridized carbons (Fsp3) is 0.250. The van der Waals surface area contributed by atoms with Crippen LogP contribution >= 0.6 is 0 Å². The van der Waals surface area contributed by atoms with E-state index in [1.165, 1.54) is 24.3 Å². The van der Waals surface area contributed by atoms with Gasteiger partial charge in [-0.1, -0.05) is 0 Å². The molecule has 0 radical (unpaired) electrons. The Hall–Kier alpha value is -3.42. The molecule has 2 aromatic carbocycles. The van der Waals surface area contributed by atoms with Crippen LogP contribution < -0.4 is 21.3 Å². The maximum atomic E-state index is 12.9. The minimum absolute atomic E-state index is 0.0450. The van der Waals surface area contributed by atoms with Gasteiger partial charge in [-0.3, -0.25) is 9.59 Å². The summed E-state index contributed by atoms with van der Waals surface area (Å²) < 4.78 is 12.9. The van der Waals surface area contributed by atoms with E-state index in [1.807, 2.05) is 0 Å². The molecule has 0 aromatic heterocycles. The molecule has 1 aliphatic carbocycles. The third kappa shape index (κ3) is 5.80. The van der Waals surface area contributed by atoms with Crippen LogP contribution in [0.3, 0.4) is 0 Å². The van der Waals surface area contributed by atoms with Crippen molar-refractivity contribution >= 4 is 29.2 Å². The number of halogens is 1. The van der Waals surface area contributed by atoms with Crippen LogP contribution in [-0.4, -0.2) is 30.9 Å². The molecule has 0 aliphatic heterocycles. The van der Waals surface area contributed by atoms with Crippen LogP contribution in [0.2, 0.25) is 0 Å². The smallest absolute Gasteiger partial charge is 0.323 e. The van der Waals surface area contributed by atoms with E-state index < -0.39 is 6.03 Å². The normalized spacial score (nSPS) is 12.8. The first kappa shape index (κ1) is 19.3. The van der Waals surface area contributed by atoms with E-state index >= 15 is 0 Å². The quantitative estimate of drug-likeness (QED) is 0.552. The largest absolute Gasteiger partial charge is 0.354 e. The van der Waals surface area contributed by atoms with Crippen LogP contribution in [0.4, 0.5) is 20.6 Å². The van der Waals surface area contributed by atoms with Crippen molar-refractivity contribution in [3.63, 3.8) is 0 Å². The maximum Gasteiger partial charge on any atom is 0.323 e. The first-order chi connectivity index (χ1) is 13.5. The average Bonchev–Trinajstić information content (AvgIpc) is 3.52. The summed E-state index contributed by atoms with van der Waals surface area (Å²) in [5.41, 5.74) is 1.41.